The van der Waals surface area contributed by atoms with E-state index in [0.717, 1.165) is 16.8 Å². The monoisotopic (exact) mass is 377 g/mol. The highest BCUT2D eigenvalue weighted by molar-refractivity contribution is 5.94. The van der Waals surface area contributed by atoms with Gasteiger partial charge in [0.15, 0.2) is 5.52 Å². The lowest BCUT2D eigenvalue weighted by Gasteiger charge is -2.08. The second-order valence-corrected chi connectivity index (χ2v) is 5.86. The fourth-order valence-corrected chi connectivity index (χ4v) is 2.78. The van der Waals surface area contributed by atoms with E-state index in [1.54, 1.807) is 12.1 Å². The predicted octanol–water partition coefficient (Wildman–Crippen LogP) is 4.45. The maximum Gasteiger partial charge on any atom is 0.300 e. The van der Waals surface area contributed by atoms with Gasteiger partial charge in [-0.3, -0.25) is 20.2 Å². The quantitative estimate of drug-likeness (QED) is 0.398. The minimum atomic E-state index is -0.546. The van der Waals surface area contributed by atoms with E-state index >= 15 is 0 Å². The molecule has 4 rings (SSSR count). The van der Waals surface area contributed by atoms with Crippen molar-refractivity contribution in [3.8, 4) is 11.1 Å². The van der Waals surface area contributed by atoms with Gasteiger partial charge >= 0.3 is 5.69 Å². The van der Waals surface area contributed by atoms with Crippen molar-refractivity contribution in [3.05, 3.63) is 80.9 Å². The Morgan fingerprint density at radius 1 is 0.750 bits per heavy atom. The summed E-state index contributed by atoms with van der Waals surface area (Å²) < 4.78 is 4.65. The number of rotatable bonds is 5. The first-order valence-electron chi connectivity index (χ1n) is 8.04. The average molecular weight is 377 g/mol. The summed E-state index contributed by atoms with van der Waals surface area (Å²) in [5.74, 6) is 0. The maximum atomic E-state index is 11.1. The normalized spacial score (nSPS) is 10.7. The third-order valence-corrected chi connectivity index (χ3v) is 4.17. The third-order valence-electron chi connectivity index (χ3n) is 4.17. The Morgan fingerprint density at radius 2 is 1.36 bits per heavy atom. The average Bonchev–Trinajstić information content (AvgIpc) is 3.19. The number of nitrogens with one attached hydrogen (secondary N) is 1. The molecular formula is C18H11N5O5. The smallest absolute Gasteiger partial charge is 0.300 e. The molecule has 0 radical (unpaired) electrons. The molecule has 0 aliphatic heterocycles. The van der Waals surface area contributed by atoms with Crippen LogP contribution in [0.5, 0.6) is 0 Å². The number of nitro groups is 2. The number of non-ortho nitro benzene ring substituents is 2. The molecule has 0 bridgehead atoms. The molecule has 0 saturated heterocycles. The van der Waals surface area contributed by atoms with Gasteiger partial charge in [-0.15, -0.1) is 0 Å². The van der Waals surface area contributed by atoms with Crippen LogP contribution in [0.2, 0.25) is 0 Å². The number of aromatic nitrogens is 2. The van der Waals surface area contributed by atoms with Crippen LogP contribution in [0, 0.1) is 20.2 Å². The van der Waals surface area contributed by atoms with Gasteiger partial charge in [-0.25, -0.2) is 4.63 Å². The molecule has 10 heteroatoms. The van der Waals surface area contributed by atoms with Crippen LogP contribution in [0.3, 0.4) is 0 Å². The predicted molar refractivity (Wildman–Crippen MR) is 100 cm³/mol. The lowest BCUT2D eigenvalue weighted by Crippen LogP contribution is -1.95. The molecule has 1 heterocycles. The first-order chi connectivity index (χ1) is 13.5. The number of fused-ring (bicyclic) bond motifs is 1. The van der Waals surface area contributed by atoms with E-state index < -0.39 is 9.85 Å². The minimum Gasteiger partial charge on any atom is -0.354 e. The summed E-state index contributed by atoms with van der Waals surface area (Å²) in [6.45, 7) is 0. The van der Waals surface area contributed by atoms with Gasteiger partial charge in [0.05, 0.1) is 15.5 Å². The maximum absolute atomic E-state index is 11.1. The first kappa shape index (κ1) is 17.1. The number of nitrogens with zero attached hydrogens (tertiary/aromatic N) is 4. The number of anilines is 2. The fourth-order valence-electron chi connectivity index (χ4n) is 2.78. The molecule has 0 spiro atoms. The van der Waals surface area contributed by atoms with E-state index in [4.69, 9.17) is 0 Å². The van der Waals surface area contributed by atoms with E-state index in [2.05, 4.69) is 20.3 Å². The molecule has 28 heavy (non-hydrogen) atoms. The summed E-state index contributed by atoms with van der Waals surface area (Å²) in [7, 11) is 0. The summed E-state index contributed by atoms with van der Waals surface area (Å²) in [5.41, 5.74) is 3.15. The first-order valence-corrected chi connectivity index (χ1v) is 8.04. The van der Waals surface area contributed by atoms with Crippen LogP contribution in [-0.2, 0) is 0 Å². The lowest BCUT2D eigenvalue weighted by atomic mass is 10.0. The highest BCUT2D eigenvalue weighted by Gasteiger charge is 2.19. The Bertz CT molecular complexity index is 1190. The number of hydrogen-bond acceptors (Lipinski definition) is 8. The van der Waals surface area contributed by atoms with Crippen molar-refractivity contribution in [1.82, 2.24) is 10.3 Å². The van der Waals surface area contributed by atoms with Crippen LogP contribution in [0.25, 0.3) is 22.2 Å². The summed E-state index contributed by atoms with van der Waals surface area (Å²) >= 11 is 0. The van der Waals surface area contributed by atoms with Gasteiger partial charge < -0.3 is 5.32 Å². The molecule has 0 fully saturated rings. The van der Waals surface area contributed by atoms with Gasteiger partial charge in [-0.05, 0) is 51.8 Å². The van der Waals surface area contributed by atoms with Crippen molar-refractivity contribution >= 4 is 33.8 Å². The van der Waals surface area contributed by atoms with E-state index in [0.29, 0.717) is 5.69 Å². The van der Waals surface area contributed by atoms with Crippen LogP contribution in [-0.4, -0.2) is 20.2 Å². The molecule has 1 N–H and O–H groups in total. The van der Waals surface area contributed by atoms with E-state index in [1.165, 1.54) is 24.3 Å². The standard InChI is InChI=1S/C18H11N5O5/c24-22(25)14-7-3-12(4-8-14)11-1-5-13(6-2-11)19-15-9-10-16(23(26)27)18-17(15)20-28-21-18/h1-10,19H. The van der Waals surface area contributed by atoms with E-state index in [9.17, 15) is 20.2 Å². The van der Waals surface area contributed by atoms with Gasteiger partial charge in [-0.1, -0.05) is 12.1 Å². The molecule has 1 aromatic heterocycles. The summed E-state index contributed by atoms with van der Waals surface area (Å²) in [5, 5.41) is 32.3. The van der Waals surface area contributed by atoms with Crippen LogP contribution >= 0.6 is 0 Å². The Labute approximate surface area is 156 Å². The molecule has 0 aliphatic rings. The van der Waals surface area contributed by atoms with Crippen molar-refractivity contribution in [2.45, 2.75) is 0 Å². The largest absolute Gasteiger partial charge is 0.354 e. The minimum absolute atomic E-state index is 0.0328. The van der Waals surface area contributed by atoms with Crippen molar-refractivity contribution in [2.24, 2.45) is 0 Å². The molecule has 3 aromatic carbocycles. The molecule has 10 nitrogen and oxygen atoms in total. The Morgan fingerprint density at radius 3 is 1.96 bits per heavy atom. The number of benzene rings is 3. The summed E-state index contributed by atoms with van der Waals surface area (Å²) in [6, 6.07) is 16.5. The number of hydrogen-bond donors (Lipinski definition) is 1. The molecule has 0 unspecified atom stereocenters. The Kier molecular flexibility index (Phi) is 4.13. The van der Waals surface area contributed by atoms with Crippen molar-refractivity contribution in [1.29, 1.82) is 0 Å². The lowest BCUT2D eigenvalue weighted by molar-refractivity contribution is -0.384. The molecule has 138 valence electrons. The molecule has 4 aromatic rings. The molecule has 0 saturated carbocycles. The van der Waals surface area contributed by atoms with Gasteiger partial charge in [0.1, 0.15) is 0 Å². The molecule has 0 aliphatic carbocycles. The van der Waals surface area contributed by atoms with Gasteiger partial charge in [0.25, 0.3) is 5.69 Å². The van der Waals surface area contributed by atoms with Gasteiger partial charge in [0.2, 0.25) is 5.52 Å². The second-order valence-electron chi connectivity index (χ2n) is 5.86. The van der Waals surface area contributed by atoms with Gasteiger partial charge in [-0.2, -0.15) is 0 Å². The second kappa shape index (κ2) is 6.76. The van der Waals surface area contributed by atoms with E-state index in [1.807, 2.05) is 24.3 Å². The topological polar surface area (TPSA) is 137 Å². The zero-order valence-electron chi connectivity index (χ0n) is 14.1. The summed E-state index contributed by atoms with van der Waals surface area (Å²) in [6.07, 6.45) is 0. The highest BCUT2D eigenvalue weighted by Crippen LogP contribution is 2.31. The number of nitro benzene ring substituents is 2. The SMILES string of the molecule is O=[N+]([O-])c1ccc(-c2ccc(Nc3ccc([N+](=O)[O-])c4nonc34)cc2)cc1. The summed E-state index contributed by atoms with van der Waals surface area (Å²) in [4.78, 5) is 20.8. The van der Waals surface area contributed by atoms with Crippen LogP contribution in [0.1, 0.15) is 0 Å². The van der Waals surface area contributed by atoms with Crippen LogP contribution in [0.4, 0.5) is 22.7 Å². The molecule has 0 amide bonds. The van der Waals surface area contributed by atoms with Crippen molar-refractivity contribution < 1.29 is 14.5 Å². The third kappa shape index (κ3) is 3.09. The fraction of sp³-hybridized carbons (Fsp3) is 0. The van der Waals surface area contributed by atoms with Crippen LogP contribution in [0.15, 0.2) is 65.3 Å². The Balaban J connectivity index is 1.59. The van der Waals surface area contributed by atoms with E-state index in [-0.39, 0.29) is 22.4 Å². The van der Waals surface area contributed by atoms with Crippen molar-refractivity contribution in [3.63, 3.8) is 0 Å². The molecule has 0 atom stereocenters. The Hall–Kier alpha value is -4.34. The highest BCUT2D eigenvalue weighted by atomic mass is 16.6. The van der Waals surface area contributed by atoms with Crippen LogP contribution < -0.4 is 5.32 Å². The zero-order chi connectivity index (χ0) is 19.7. The van der Waals surface area contributed by atoms with Crippen molar-refractivity contribution in [2.75, 3.05) is 5.32 Å². The zero-order valence-corrected chi connectivity index (χ0v) is 14.1. The van der Waals surface area contributed by atoms with Gasteiger partial charge in [0, 0.05) is 23.9 Å². The molecular weight excluding hydrogens is 366 g/mol.